The second-order valence-electron chi connectivity index (χ2n) is 3.90. The first-order valence-electron chi connectivity index (χ1n) is 5.87. The van der Waals surface area contributed by atoms with Crippen molar-refractivity contribution in [1.29, 1.82) is 0 Å². The number of carbonyl (C=O) groups is 1. The SMILES string of the molecule is CCOCCCNC(=O)c1cc(C)ccc1N. The number of ether oxygens (including phenoxy) is 1. The van der Waals surface area contributed by atoms with Crippen LogP contribution in [0.25, 0.3) is 0 Å². The van der Waals surface area contributed by atoms with Gasteiger partial charge in [0, 0.05) is 25.4 Å². The van der Waals surface area contributed by atoms with Gasteiger partial charge in [0.05, 0.1) is 5.56 Å². The van der Waals surface area contributed by atoms with E-state index in [1.165, 1.54) is 0 Å². The Morgan fingerprint density at radius 1 is 1.47 bits per heavy atom. The molecule has 1 aromatic rings. The van der Waals surface area contributed by atoms with Crippen LogP contribution in [0.2, 0.25) is 0 Å². The fourth-order valence-corrected chi connectivity index (χ4v) is 1.48. The minimum absolute atomic E-state index is 0.123. The van der Waals surface area contributed by atoms with Gasteiger partial charge in [-0.3, -0.25) is 4.79 Å². The second-order valence-corrected chi connectivity index (χ2v) is 3.90. The summed E-state index contributed by atoms with van der Waals surface area (Å²) >= 11 is 0. The molecule has 0 aliphatic carbocycles. The Balaban J connectivity index is 2.44. The first-order valence-corrected chi connectivity index (χ1v) is 5.87. The second kappa shape index (κ2) is 6.91. The highest BCUT2D eigenvalue weighted by atomic mass is 16.5. The lowest BCUT2D eigenvalue weighted by Crippen LogP contribution is -2.26. The van der Waals surface area contributed by atoms with Gasteiger partial charge < -0.3 is 15.8 Å². The van der Waals surface area contributed by atoms with Crippen molar-refractivity contribution in [1.82, 2.24) is 5.32 Å². The number of nitrogen functional groups attached to an aromatic ring is 1. The molecule has 0 bridgehead atoms. The molecule has 1 rings (SSSR count). The van der Waals surface area contributed by atoms with Crippen molar-refractivity contribution < 1.29 is 9.53 Å². The molecule has 0 fully saturated rings. The summed E-state index contributed by atoms with van der Waals surface area (Å²) in [6, 6.07) is 5.44. The lowest BCUT2D eigenvalue weighted by atomic mass is 10.1. The first kappa shape index (κ1) is 13.5. The van der Waals surface area contributed by atoms with Gasteiger partial charge in [0.1, 0.15) is 0 Å². The number of hydrogen-bond acceptors (Lipinski definition) is 3. The normalized spacial score (nSPS) is 10.2. The van der Waals surface area contributed by atoms with Gasteiger partial charge in [-0.1, -0.05) is 11.6 Å². The van der Waals surface area contributed by atoms with Crippen molar-refractivity contribution in [2.24, 2.45) is 0 Å². The molecule has 0 heterocycles. The van der Waals surface area contributed by atoms with Gasteiger partial charge in [-0.2, -0.15) is 0 Å². The van der Waals surface area contributed by atoms with E-state index in [1.807, 2.05) is 19.9 Å². The topological polar surface area (TPSA) is 64.3 Å². The van der Waals surface area contributed by atoms with Gasteiger partial charge >= 0.3 is 0 Å². The fourth-order valence-electron chi connectivity index (χ4n) is 1.48. The van der Waals surface area contributed by atoms with Gasteiger partial charge in [-0.05, 0) is 32.4 Å². The smallest absolute Gasteiger partial charge is 0.253 e. The van der Waals surface area contributed by atoms with Crippen LogP contribution < -0.4 is 11.1 Å². The highest BCUT2D eigenvalue weighted by molar-refractivity contribution is 5.99. The van der Waals surface area contributed by atoms with Crippen molar-refractivity contribution in [3.05, 3.63) is 29.3 Å². The van der Waals surface area contributed by atoms with Crippen LogP contribution in [0.5, 0.6) is 0 Å². The molecule has 0 aliphatic rings. The molecule has 0 saturated heterocycles. The average molecular weight is 236 g/mol. The third-order valence-electron chi connectivity index (χ3n) is 2.41. The zero-order chi connectivity index (χ0) is 12.7. The van der Waals surface area contributed by atoms with Crippen LogP contribution >= 0.6 is 0 Å². The molecule has 0 aliphatic heterocycles. The number of benzene rings is 1. The van der Waals surface area contributed by atoms with Gasteiger partial charge in [0.2, 0.25) is 0 Å². The molecule has 1 aromatic carbocycles. The van der Waals surface area contributed by atoms with Crippen molar-refractivity contribution in [3.8, 4) is 0 Å². The Kier molecular flexibility index (Phi) is 5.49. The maximum Gasteiger partial charge on any atom is 0.253 e. The number of anilines is 1. The molecule has 17 heavy (non-hydrogen) atoms. The highest BCUT2D eigenvalue weighted by Gasteiger charge is 2.08. The number of carbonyl (C=O) groups excluding carboxylic acids is 1. The Morgan fingerprint density at radius 3 is 2.94 bits per heavy atom. The summed E-state index contributed by atoms with van der Waals surface area (Å²) in [5.74, 6) is -0.123. The van der Waals surface area contributed by atoms with Crippen molar-refractivity contribution >= 4 is 11.6 Å². The maximum atomic E-state index is 11.8. The number of hydrogen-bond donors (Lipinski definition) is 2. The molecular formula is C13H20N2O2. The number of aryl methyl sites for hydroxylation is 1. The van der Waals surface area contributed by atoms with Crippen LogP contribution in [0, 0.1) is 6.92 Å². The Hall–Kier alpha value is -1.55. The van der Waals surface area contributed by atoms with Crippen LogP contribution in [0.1, 0.15) is 29.3 Å². The summed E-state index contributed by atoms with van der Waals surface area (Å²) in [6.45, 7) is 5.86. The van der Waals surface area contributed by atoms with Crippen molar-refractivity contribution in [3.63, 3.8) is 0 Å². The maximum absolute atomic E-state index is 11.8. The summed E-state index contributed by atoms with van der Waals surface area (Å²) in [4.78, 5) is 11.8. The molecule has 0 radical (unpaired) electrons. The molecule has 3 N–H and O–H groups in total. The Labute approximate surface area is 102 Å². The summed E-state index contributed by atoms with van der Waals surface area (Å²) in [5.41, 5.74) is 7.84. The summed E-state index contributed by atoms with van der Waals surface area (Å²) in [7, 11) is 0. The Bertz CT molecular complexity index is 378. The van der Waals surface area contributed by atoms with Crippen LogP contribution in [0.4, 0.5) is 5.69 Å². The number of rotatable bonds is 6. The molecule has 0 saturated carbocycles. The number of nitrogens with one attached hydrogen (secondary N) is 1. The average Bonchev–Trinajstić information content (AvgIpc) is 2.32. The molecule has 4 nitrogen and oxygen atoms in total. The molecule has 1 amide bonds. The zero-order valence-corrected chi connectivity index (χ0v) is 10.5. The predicted molar refractivity (Wildman–Crippen MR) is 69.0 cm³/mol. The van der Waals surface area contributed by atoms with E-state index in [0.717, 1.165) is 12.0 Å². The van der Waals surface area contributed by atoms with E-state index in [-0.39, 0.29) is 5.91 Å². The van der Waals surface area contributed by atoms with Crippen LogP contribution in [0.15, 0.2) is 18.2 Å². The molecular weight excluding hydrogens is 216 g/mol. The van der Waals surface area contributed by atoms with Crippen LogP contribution in [0.3, 0.4) is 0 Å². The van der Waals surface area contributed by atoms with E-state index in [4.69, 9.17) is 10.5 Å². The van der Waals surface area contributed by atoms with Crippen molar-refractivity contribution in [2.45, 2.75) is 20.3 Å². The van der Waals surface area contributed by atoms with Crippen molar-refractivity contribution in [2.75, 3.05) is 25.5 Å². The lowest BCUT2D eigenvalue weighted by molar-refractivity contribution is 0.0945. The zero-order valence-electron chi connectivity index (χ0n) is 10.5. The largest absolute Gasteiger partial charge is 0.398 e. The third-order valence-corrected chi connectivity index (χ3v) is 2.41. The minimum Gasteiger partial charge on any atom is -0.398 e. The van der Waals surface area contributed by atoms with E-state index in [0.29, 0.717) is 31.0 Å². The summed E-state index contributed by atoms with van der Waals surface area (Å²) in [5, 5.41) is 2.83. The molecule has 0 spiro atoms. The molecule has 0 aromatic heterocycles. The highest BCUT2D eigenvalue weighted by Crippen LogP contribution is 2.13. The lowest BCUT2D eigenvalue weighted by Gasteiger charge is -2.08. The van der Waals surface area contributed by atoms with E-state index in [9.17, 15) is 4.79 Å². The predicted octanol–water partition coefficient (Wildman–Crippen LogP) is 1.73. The number of amides is 1. The molecule has 0 unspecified atom stereocenters. The Morgan fingerprint density at radius 2 is 2.24 bits per heavy atom. The summed E-state index contributed by atoms with van der Waals surface area (Å²) in [6.07, 6.45) is 0.811. The van der Waals surface area contributed by atoms with E-state index < -0.39 is 0 Å². The van der Waals surface area contributed by atoms with Crippen LogP contribution in [-0.4, -0.2) is 25.7 Å². The summed E-state index contributed by atoms with van der Waals surface area (Å²) < 4.78 is 5.19. The van der Waals surface area contributed by atoms with Gasteiger partial charge in [0.15, 0.2) is 0 Å². The van der Waals surface area contributed by atoms with Gasteiger partial charge in [0.25, 0.3) is 5.91 Å². The standard InChI is InChI=1S/C13H20N2O2/c1-3-17-8-4-7-15-13(16)11-9-10(2)5-6-12(11)14/h5-6,9H,3-4,7-8,14H2,1-2H3,(H,15,16). The molecule has 4 heteroatoms. The first-order chi connectivity index (χ1) is 8.15. The minimum atomic E-state index is -0.123. The number of nitrogens with two attached hydrogens (primary N) is 1. The van der Waals surface area contributed by atoms with Crippen LogP contribution in [-0.2, 0) is 4.74 Å². The monoisotopic (exact) mass is 236 g/mol. The molecule has 0 atom stereocenters. The quantitative estimate of drug-likeness (QED) is 0.584. The fraction of sp³-hybridized carbons (Fsp3) is 0.462. The van der Waals surface area contributed by atoms with Gasteiger partial charge in [-0.15, -0.1) is 0 Å². The van der Waals surface area contributed by atoms with E-state index in [2.05, 4.69) is 5.32 Å². The third kappa shape index (κ3) is 4.44. The van der Waals surface area contributed by atoms with E-state index in [1.54, 1.807) is 12.1 Å². The van der Waals surface area contributed by atoms with Gasteiger partial charge in [-0.25, -0.2) is 0 Å². The van der Waals surface area contributed by atoms with E-state index >= 15 is 0 Å². The molecule has 94 valence electrons.